The number of halogens is 4. The van der Waals surface area contributed by atoms with Gasteiger partial charge < -0.3 is 30.3 Å². The lowest BCUT2D eigenvalue weighted by atomic mass is 10.0. The summed E-state index contributed by atoms with van der Waals surface area (Å²) >= 11 is 0. The number of benzene rings is 2. The van der Waals surface area contributed by atoms with Gasteiger partial charge in [-0.05, 0) is 56.2 Å². The van der Waals surface area contributed by atoms with Crippen molar-refractivity contribution in [3.05, 3.63) is 65.2 Å². The monoisotopic (exact) mass is 572 g/mol. The Bertz CT molecular complexity index is 1130. The Kier molecular flexibility index (Phi) is 11.3. The van der Waals surface area contributed by atoms with E-state index in [1.807, 2.05) is 0 Å². The van der Waals surface area contributed by atoms with Crippen molar-refractivity contribution in [3.8, 4) is 5.75 Å². The van der Waals surface area contributed by atoms with E-state index in [9.17, 15) is 42.2 Å². The lowest BCUT2D eigenvalue weighted by Crippen LogP contribution is -2.53. The van der Waals surface area contributed by atoms with Crippen LogP contribution in [0.4, 0.5) is 22.4 Å². The van der Waals surface area contributed by atoms with Crippen LogP contribution in [0.1, 0.15) is 37.5 Å². The smallest absolute Gasteiger partial charge is 0.416 e. The van der Waals surface area contributed by atoms with Crippen molar-refractivity contribution in [2.24, 2.45) is 0 Å². The van der Waals surface area contributed by atoms with Crippen LogP contribution >= 0.6 is 0 Å². The Morgan fingerprint density at radius 3 is 1.88 bits per heavy atom. The van der Waals surface area contributed by atoms with Crippen LogP contribution in [0, 0.1) is 0 Å². The number of alkyl halides is 4. The molecule has 13 heteroatoms. The van der Waals surface area contributed by atoms with Crippen LogP contribution in [-0.4, -0.2) is 65.3 Å². The number of amides is 2. The van der Waals surface area contributed by atoms with Gasteiger partial charge in [0, 0.05) is 12.8 Å². The summed E-state index contributed by atoms with van der Waals surface area (Å²) in [5, 5.41) is 23.7. The average Bonchev–Trinajstić information content (AvgIpc) is 2.85. The SMILES string of the molecule is CC(C)(C)OC(=O)N[C@@H](Cc1ccc(OCC(O)CF)cc1)C(=O)NC(Cc1ccc(C(F)(F)F)cc1)C(=O)O. The normalized spacial score (nSPS) is 14.0. The Morgan fingerprint density at radius 1 is 0.875 bits per heavy atom. The fourth-order valence-corrected chi connectivity index (χ4v) is 3.39. The number of nitrogens with one attached hydrogen (secondary N) is 2. The Balaban J connectivity index is 2.18. The highest BCUT2D eigenvalue weighted by atomic mass is 19.4. The minimum atomic E-state index is -4.56. The predicted octanol–water partition coefficient (Wildman–Crippen LogP) is 3.66. The molecule has 0 saturated heterocycles. The van der Waals surface area contributed by atoms with Crippen LogP contribution < -0.4 is 15.4 Å². The average molecular weight is 573 g/mol. The van der Waals surface area contributed by atoms with Crippen molar-refractivity contribution in [3.63, 3.8) is 0 Å². The van der Waals surface area contributed by atoms with Crippen molar-refractivity contribution in [1.82, 2.24) is 10.6 Å². The molecule has 0 aliphatic rings. The largest absolute Gasteiger partial charge is 0.491 e. The van der Waals surface area contributed by atoms with Gasteiger partial charge in [0.25, 0.3) is 0 Å². The predicted molar refractivity (Wildman–Crippen MR) is 135 cm³/mol. The van der Waals surface area contributed by atoms with Gasteiger partial charge in [-0.3, -0.25) is 4.79 Å². The van der Waals surface area contributed by atoms with Gasteiger partial charge in [-0.25, -0.2) is 14.0 Å². The standard InChI is InChI=1S/C27H32F4N2O7/c1-26(2,3)40-25(38)33-21(12-17-6-10-20(11-7-17)39-15-19(34)14-28)23(35)32-22(24(36)37)13-16-4-8-18(9-5-16)27(29,30)31/h4-11,19,21-22,34H,12-15H2,1-3H3,(H,32,35)(H,33,38)(H,36,37)/t19?,21-,22?/m0/s1. The molecule has 2 aromatic rings. The summed E-state index contributed by atoms with van der Waals surface area (Å²) in [7, 11) is 0. The maximum Gasteiger partial charge on any atom is 0.416 e. The Labute approximate surface area is 228 Å². The molecular weight excluding hydrogens is 540 g/mol. The maximum absolute atomic E-state index is 13.1. The summed E-state index contributed by atoms with van der Waals surface area (Å²) in [4.78, 5) is 37.4. The van der Waals surface area contributed by atoms with E-state index in [0.29, 0.717) is 11.3 Å². The summed E-state index contributed by atoms with van der Waals surface area (Å²) in [6.45, 7) is 3.61. The summed E-state index contributed by atoms with van der Waals surface area (Å²) in [6.07, 6.45) is -7.17. The molecular formula is C27H32F4N2O7. The first kappa shape index (κ1) is 32.3. The Hall–Kier alpha value is -3.87. The van der Waals surface area contributed by atoms with Crippen LogP contribution in [0.3, 0.4) is 0 Å². The van der Waals surface area contributed by atoms with Gasteiger partial charge in [0.15, 0.2) is 0 Å². The highest BCUT2D eigenvalue weighted by molar-refractivity contribution is 5.89. The quantitative estimate of drug-likeness (QED) is 0.285. The van der Waals surface area contributed by atoms with Gasteiger partial charge in [-0.2, -0.15) is 13.2 Å². The molecule has 2 rings (SSSR count). The molecule has 2 aromatic carbocycles. The molecule has 9 nitrogen and oxygen atoms in total. The zero-order valence-electron chi connectivity index (χ0n) is 22.1. The number of hydrogen-bond acceptors (Lipinski definition) is 6. The number of carbonyl (C=O) groups is 3. The van der Waals surface area contributed by atoms with E-state index in [1.54, 1.807) is 32.9 Å². The maximum atomic E-state index is 13.1. The number of rotatable bonds is 12. The molecule has 3 atom stereocenters. The molecule has 2 amide bonds. The first-order chi connectivity index (χ1) is 18.6. The van der Waals surface area contributed by atoms with Crippen molar-refractivity contribution in [2.45, 2.75) is 63.6 Å². The number of carboxylic acids is 1. The van der Waals surface area contributed by atoms with E-state index in [4.69, 9.17) is 9.47 Å². The fourth-order valence-electron chi connectivity index (χ4n) is 3.39. The number of carbonyl (C=O) groups excluding carboxylic acids is 2. The van der Waals surface area contributed by atoms with Gasteiger partial charge >= 0.3 is 18.2 Å². The third-order valence-electron chi connectivity index (χ3n) is 5.33. The third-order valence-corrected chi connectivity index (χ3v) is 5.33. The molecule has 220 valence electrons. The van der Waals surface area contributed by atoms with Crippen LogP contribution in [-0.2, 0) is 33.3 Å². The zero-order valence-corrected chi connectivity index (χ0v) is 22.1. The number of aliphatic hydroxyl groups is 1. The van der Waals surface area contributed by atoms with Gasteiger partial charge in [0.2, 0.25) is 5.91 Å². The summed E-state index contributed by atoms with van der Waals surface area (Å²) in [5.41, 5.74) is -1.01. The van der Waals surface area contributed by atoms with Crippen molar-refractivity contribution >= 4 is 18.0 Å². The van der Waals surface area contributed by atoms with Crippen LogP contribution in [0.2, 0.25) is 0 Å². The Morgan fingerprint density at radius 2 is 1.40 bits per heavy atom. The van der Waals surface area contributed by atoms with Gasteiger partial charge in [0.05, 0.1) is 5.56 Å². The number of aliphatic carboxylic acids is 1. The second-order valence-corrected chi connectivity index (χ2v) is 9.96. The third kappa shape index (κ3) is 11.1. The summed E-state index contributed by atoms with van der Waals surface area (Å²) in [6, 6.07) is 7.21. The second-order valence-electron chi connectivity index (χ2n) is 9.96. The molecule has 0 heterocycles. The van der Waals surface area contributed by atoms with Crippen molar-refractivity contribution < 1.29 is 51.6 Å². The minimum Gasteiger partial charge on any atom is -0.491 e. The van der Waals surface area contributed by atoms with E-state index in [1.165, 1.54) is 12.1 Å². The minimum absolute atomic E-state index is 0.0922. The van der Waals surface area contributed by atoms with Crippen LogP contribution in [0.5, 0.6) is 5.75 Å². The number of alkyl carbamates (subject to hydrolysis) is 1. The van der Waals surface area contributed by atoms with Gasteiger partial charge in [-0.1, -0.05) is 24.3 Å². The lowest BCUT2D eigenvalue weighted by molar-refractivity contribution is -0.142. The van der Waals surface area contributed by atoms with Crippen molar-refractivity contribution in [1.29, 1.82) is 0 Å². The van der Waals surface area contributed by atoms with Crippen LogP contribution in [0.25, 0.3) is 0 Å². The fraction of sp³-hybridized carbons (Fsp3) is 0.444. The number of ether oxygens (including phenoxy) is 2. The number of aliphatic hydroxyl groups excluding tert-OH is 1. The second kappa shape index (κ2) is 14.0. The van der Waals surface area contributed by atoms with Crippen molar-refractivity contribution in [2.75, 3.05) is 13.3 Å². The van der Waals surface area contributed by atoms with E-state index < -0.39 is 60.2 Å². The molecule has 0 aromatic heterocycles. The molecule has 0 aliphatic carbocycles. The molecule has 0 fully saturated rings. The topological polar surface area (TPSA) is 134 Å². The molecule has 0 aliphatic heterocycles. The summed E-state index contributed by atoms with van der Waals surface area (Å²) < 4.78 is 61.4. The molecule has 0 radical (unpaired) electrons. The number of hydrogen-bond donors (Lipinski definition) is 4. The molecule has 2 unspecified atom stereocenters. The first-order valence-electron chi connectivity index (χ1n) is 12.2. The molecule has 0 saturated carbocycles. The van der Waals surface area contributed by atoms with Gasteiger partial charge in [-0.15, -0.1) is 0 Å². The number of carboxylic acid groups (broad SMARTS) is 1. The van der Waals surface area contributed by atoms with Gasteiger partial charge in [0.1, 0.15) is 42.8 Å². The van der Waals surface area contributed by atoms with E-state index >= 15 is 0 Å². The van der Waals surface area contributed by atoms with E-state index in [-0.39, 0.29) is 25.0 Å². The lowest BCUT2D eigenvalue weighted by Gasteiger charge is -2.24. The molecule has 40 heavy (non-hydrogen) atoms. The summed E-state index contributed by atoms with van der Waals surface area (Å²) in [5.74, 6) is -1.97. The van der Waals surface area contributed by atoms with E-state index in [2.05, 4.69) is 10.6 Å². The van der Waals surface area contributed by atoms with E-state index in [0.717, 1.165) is 24.3 Å². The van der Waals surface area contributed by atoms with Crippen LogP contribution in [0.15, 0.2) is 48.5 Å². The zero-order chi connectivity index (χ0) is 30.1. The first-order valence-corrected chi connectivity index (χ1v) is 12.2. The molecule has 0 spiro atoms. The highest BCUT2D eigenvalue weighted by Crippen LogP contribution is 2.29. The molecule has 0 bridgehead atoms. The molecule has 4 N–H and O–H groups in total. The highest BCUT2D eigenvalue weighted by Gasteiger charge is 2.31.